The lowest BCUT2D eigenvalue weighted by Crippen LogP contribution is -2.07. The molecule has 0 spiro atoms. The highest BCUT2D eigenvalue weighted by atomic mass is 16.5. The first kappa shape index (κ1) is 15.3. The molecule has 0 aliphatic heterocycles. The highest BCUT2D eigenvalue weighted by Crippen LogP contribution is 2.19. The molecule has 0 saturated carbocycles. The minimum Gasteiger partial charge on any atom is -0.466 e. The van der Waals surface area contributed by atoms with Crippen LogP contribution in [-0.2, 0) is 22.4 Å². The second-order valence-corrected chi connectivity index (χ2v) is 5.44. The van der Waals surface area contributed by atoms with E-state index in [2.05, 4.69) is 4.98 Å². The maximum atomic E-state index is 11.8. The number of aromatic nitrogens is 1. The van der Waals surface area contributed by atoms with Crippen LogP contribution in [0.15, 0.2) is 59.3 Å². The van der Waals surface area contributed by atoms with Gasteiger partial charge in [0, 0.05) is 24.2 Å². The highest BCUT2D eigenvalue weighted by molar-refractivity contribution is 5.78. The molecule has 2 heterocycles. The van der Waals surface area contributed by atoms with Crippen molar-refractivity contribution in [1.29, 1.82) is 0 Å². The first-order chi connectivity index (χ1) is 11.3. The SMILES string of the molecule is O=C(CCc1cc2ccccc2o1)OCCCc1cccnc1. The quantitative estimate of drug-likeness (QED) is 0.490. The summed E-state index contributed by atoms with van der Waals surface area (Å²) in [6, 6.07) is 13.7. The third-order valence-electron chi connectivity index (χ3n) is 3.65. The highest BCUT2D eigenvalue weighted by Gasteiger charge is 2.07. The third kappa shape index (κ3) is 4.42. The molecule has 3 rings (SSSR count). The van der Waals surface area contributed by atoms with E-state index in [1.54, 1.807) is 6.20 Å². The Hall–Kier alpha value is -2.62. The van der Waals surface area contributed by atoms with Crippen LogP contribution >= 0.6 is 0 Å². The Morgan fingerprint density at radius 3 is 2.87 bits per heavy atom. The molecule has 0 amide bonds. The molecule has 23 heavy (non-hydrogen) atoms. The molecule has 118 valence electrons. The fraction of sp³-hybridized carbons (Fsp3) is 0.263. The van der Waals surface area contributed by atoms with E-state index in [1.165, 1.54) is 0 Å². The molecule has 0 atom stereocenters. The number of ether oxygens (including phenoxy) is 1. The van der Waals surface area contributed by atoms with Gasteiger partial charge >= 0.3 is 5.97 Å². The molecule has 0 aliphatic carbocycles. The number of para-hydroxylation sites is 1. The summed E-state index contributed by atoms with van der Waals surface area (Å²) in [5, 5.41) is 1.06. The van der Waals surface area contributed by atoms with Crippen molar-refractivity contribution >= 4 is 16.9 Å². The van der Waals surface area contributed by atoms with Gasteiger partial charge in [-0.2, -0.15) is 0 Å². The maximum absolute atomic E-state index is 11.8. The predicted molar refractivity (Wildman–Crippen MR) is 88.1 cm³/mol. The molecule has 0 aliphatic rings. The van der Waals surface area contributed by atoms with Crippen molar-refractivity contribution in [3.8, 4) is 0 Å². The minimum atomic E-state index is -0.184. The van der Waals surface area contributed by atoms with Gasteiger partial charge in [-0.3, -0.25) is 9.78 Å². The van der Waals surface area contributed by atoms with Gasteiger partial charge in [0.2, 0.25) is 0 Å². The van der Waals surface area contributed by atoms with Crippen LogP contribution in [0.3, 0.4) is 0 Å². The Morgan fingerprint density at radius 1 is 1.13 bits per heavy atom. The Morgan fingerprint density at radius 2 is 2.04 bits per heavy atom. The van der Waals surface area contributed by atoms with Crippen LogP contribution in [0, 0.1) is 0 Å². The Labute approximate surface area is 135 Å². The molecule has 4 nitrogen and oxygen atoms in total. The number of fused-ring (bicyclic) bond motifs is 1. The number of hydrogen-bond donors (Lipinski definition) is 0. The second kappa shape index (κ2) is 7.58. The van der Waals surface area contributed by atoms with E-state index in [1.807, 2.05) is 48.7 Å². The van der Waals surface area contributed by atoms with Crippen molar-refractivity contribution < 1.29 is 13.9 Å². The van der Waals surface area contributed by atoms with Gasteiger partial charge in [0.15, 0.2) is 0 Å². The van der Waals surface area contributed by atoms with Gasteiger partial charge in [0.05, 0.1) is 13.0 Å². The minimum absolute atomic E-state index is 0.184. The van der Waals surface area contributed by atoms with E-state index in [-0.39, 0.29) is 5.97 Å². The lowest BCUT2D eigenvalue weighted by Gasteiger charge is -2.04. The van der Waals surface area contributed by atoms with Gasteiger partial charge in [0.1, 0.15) is 11.3 Å². The van der Waals surface area contributed by atoms with Crippen LogP contribution in [0.4, 0.5) is 0 Å². The summed E-state index contributed by atoms with van der Waals surface area (Å²) in [5.74, 6) is 0.634. The number of rotatable bonds is 7. The molecule has 1 aromatic carbocycles. The molecule has 0 saturated heterocycles. The zero-order valence-electron chi connectivity index (χ0n) is 12.9. The van der Waals surface area contributed by atoms with Crippen LogP contribution in [0.2, 0.25) is 0 Å². The number of aryl methyl sites for hydroxylation is 2. The summed E-state index contributed by atoms with van der Waals surface area (Å²) in [7, 11) is 0. The Balaban J connectivity index is 1.38. The number of esters is 1. The van der Waals surface area contributed by atoms with Crippen LogP contribution in [-0.4, -0.2) is 17.6 Å². The van der Waals surface area contributed by atoms with Gasteiger partial charge in [0.25, 0.3) is 0 Å². The maximum Gasteiger partial charge on any atom is 0.306 e. The molecule has 2 aromatic heterocycles. The van der Waals surface area contributed by atoms with Crippen molar-refractivity contribution in [1.82, 2.24) is 4.98 Å². The van der Waals surface area contributed by atoms with E-state index in [9.17, 15) is 4.79 Å². The molecule has 3 aromatic rings. The molecule has 0 radical (unpaired) electrons. The number of hydrogen-bond acceptors (Lipinski definition) is 4. The number of carbonyl (C=O) groups is 1. The van der Waals surface area contributed by atoms with E-state index >= 15 is 0 Å². The largest absolute Gasteiger partial charge is 0.466 e. The summed E-state index contributed by atoms with van der Waals surface area (Å²) in [5.41, 5.74) is 2.01. The molecular weight excluding hydrogens is 290 g/mol. The summed E-state index contributed by atoms with van der Waals surface area (Å²) in [6.45, 7) is 0.438. The molecule has 0 fully saturated rings. The second-order valence-electron chi connectivity index (χ2n) is 5.44. The summed E-state index contributed by atoms with van der Waals surface area (Å²) in [6.07, 6.45) is 6.17. The van der Waals surface area contributed by atoms with Crippen molar-refractivity contribution in [2.24, 2.45) is 0 Å². The van der Waals surface area contributed by atoms with Gasteiger partial charge < -0.3 is 9.15 Å². The summed E-state index contributed by atoms with van der Waals surface area (Å²) >= 11 is 0. The zero-order valence-corrected chi connectivity index (χ0v) is 12.9. The Kier molecular flexibility index (Phi) is 5.04. The van der Waals surface area contributed by atoms with Crippen LogP contribution in [0.25, 0.3) is 11.0 Å². The van der Waals surface area contributed by atoms with E-state index < -0.39 is 0 Å². The van der Waals surface area contributed by atoms with Gasteiger partial charge in [-0.25, -0.2) is 0 Å². The van der Waals surface area contributed by atoms with Crippen molar-refractivity contribution in [2.75, 3.05) is 6.61 Å². The van der Waals surface area contributed by atoms with Crippen molar-refractivity contribution in [3.05, 3.63) is 66.2 Å². The molecule has 4 heteroatoms. The molecular formula is C19H19NO3. The lowest BCUT2D eigenvalue weighted by atomic mass is 10.2. The summed E-state index contributed by atoms with van der Waals surface area (Å²) < 4.78 is 10.9. The predicted octanol–water partition coefficient (Wildman–Crippen LogP) is 3.94. The third-order valence-corrected chi connectivity index (χ3v) is 3.65. The van der Waals surface area contributed by atoms with Crippen molar-refractivity contribution in [3.63, 3.8) is 0 Å². The normalized spacial score (nSPS) is 10.8. The number of nitrogens with zero attached hydrogens (tertiary/aromatic N) is 1. The van der Waals surface area contributed by atoms with E-state index in [4.69, 9.17) is 9.15 Å². The number of carbonyl (C=O) groups excluding carboxylic acids is 1. The first-order valence-corrected chi connectivity index (χ1v) is 7.83. The number of pyridine rings is 1. The van der Waals surface area contributed by atoms with E-state index in [0.717, 1.165) is 35.1 Å². The van der Waals surface area contributed by atoms with Gasteiger partial charge in [-0.15, -0.1) is 0 Å². The lowest BCUT2D eigenvalue weighted by molar-refractivity contribution is -0.143. The Bertz CT molecular complexity index is 731. The first-order valence-electron chi connectivity index (χ1n) is 7.83. The molecule has 0 bridgehead atoms. The monoisotopic (exact) mass is 309 g/mol. The molecule has 0 unspecified atom stereocenters. The average molecular weight is 309 g/mol. The topological polar surface area (TPSA) is 52.3 Å². The summed E-state index contributed by atoms with van der Waals surface area (Å²) in [4.78, 5) is 15.8. The van der Waals surface area contributed by atoms with Gasteiger partial charge in [-0.1, -0.05) is 24.3 Å². The average Bonchev–Trinajstić information content (AvgIpc) is 3.01. The van der Waals surface area contributed by atoms with Gasteiger partial charge in [-0.05, 0) is 36.6 Å². The zero-order chi connectivity index (χ0) is 15.9. The molecule has 0 N–H and O–H groups in total. The van der Waals surface area contributed by atoms with E-state index in [0.29, 0.717) is 19.4 Å². The number of benzene rings is 1. The fourth-order valence-electron chi connectivity index (χ4n) is 2.47. The van der Waals surface area contributed by atoms with Crippen LogP contribution in [0.1, 0.15) is 24.2 Å². The number of furan rings is 1. The smallest absolute Gasteiger partial charge is 0.306 e. The fourth-order valence-corrected chi connectivity index (χ4v) is 2.47. The van der Waals surface area contributed by atoms with Crippen LogP contribution in [0.5, 0.6) is 0 Å². The van der Waals surface area contributed by atoms with Crippen LogP contribution < -0.4 is 0 Å². The van der Waals surface area contributed by atoms with Crippen molar-refractivity contribution in [2.45, 2.75) is 25.7 Å². The standard InChI is InChI=1S/C19H19NO3/c21-19(22-12-4-6-15-5-3-11-20-14-15)10-9-17-13-16-7-1-2-8-18(16)23-17/h1-3,5,7-8,11,13-14H,4,6,9-10,12H2.